The Bertz CT molecular complexity index is 553. The maximum absolute atomic E-state index is 12.0. The van der Waals surface area contributed by atoms with Gasteiger partial charge in [-0.3, -0.25) is 0 Å². The van der Waals surface area contributed by atoms with E-state index < -0.39 is 12.1 Å². The number of nitrogens with two attached hydrogens (primary N) is 1. The summed E-state index contributed by atoms with van der Waals surface area (Å²) in [6.45, 7) is 0.230. The van der Waals surface area contributed by atoms with Gasteiger partial charge in [0.15, 0.2) is 5.75 Å². The van der Waals surface area contributed by atoms with Crippen molar-refractivity contribution in [3.63, 3.8) is 0 Å². The molecule has 0 saturated heterocycles. The van der Waals surface area contributed by atoms with Crippen LogP contribution in [0.3, 0.4) is 0 Å². The fourth-order valence-electron chi connectivity index (χ4n) is 1.16. The molecule has 100 valence electrons. The van der Waals surface area contributed by atoms with Gasteiger partial charge < -0.3 is 10.5 Å². The van der Waals surface area contributed by atoms with Crippen LogP contribution in [0.5, 0.6) is 5.75 Å². The standard InChI is InChI=1S/C11H9F3N4O/c12-11(13,14)19-10-5-4-8(7-9(10)15)3-1-2-6-17-18-16/h4-5,7H,2,6,15H2. The van der Waals surface area contributed by atoms with Crippen LogP contribution in [0.2, 0.25) is 0 Å². The number of nitrogens with zero attached hydrogens (tertiary/aromatic N) is 3. The van der Waals surface area contributed by atoms with Gasteiger partial charge in [-0.15, -0.1) is 13.2 Å². The van der Waals surface area contributed by atoms with E-state index in [1.165, 1.54) is 12.1 Å². The predicted molar refractivity (Wildman–Crippen MR) is 63.0 cm³/mol. The molecule has 8 heteroatoms. The predicted octanol–water partition coefficient (Wildman–Crippen LogP) is 3.22. The van der Waals surface area contributed by atoms with E-state index in [0.717, 1.165) is 6.07 Å². The van der Waals surface area contributed by atoms with Crippen molar-refractivity contribution in [3.8, 4) is 17.6 Å². The highest BCUT2D eigenvalue weighted by molar-refractivity contribution is 5.57. The van der Waals surface area contributed by atoms with Gasteiger partial charge in [-0.2, -0.15) is 0 Å². The van der Waals surface area contributed by atoms with E-state index >= 15 is 0 Å². The first-order valence-electron chi connectivity index (χ1n) is 5.07. The zero-order chi connectivity index (χ0) is 14.3. The van der Waals surface area contributed by atoms with Crippen LogP contribution >= 0.6 is 0 Å². The Kier molecular flexibility index (Phi) is 4.92. The molecule has 1 aromatic carbocycles. The lowest BCUT2D eigenvalue weighted by Gasteiger charge is -2.10. The van der Waals surface area contributed by atoms with Crippen molar-refractivity contribution >= 4 is 5.69 Å². The summed E-state index contributed by atoms with van der Waals surface area (Å²) >= 11 is 0. The van der Waals surface area contributed by atoms with E-state index in [2.05, 4.69) is 26.6 Å². The van der Waals surface area contributed by atoms with E-state index in [-0.39, 0.29) is 12.2 Å². The molecule has 0 spiro atoms. The van der Waals surface area contributed by atoms with Crippen molar-refractivity contribution in [3.05, 3.63) is 34.2 Å². The quantitative estimate of drug-likeness (QED) is 0.228. The summed E-state index contributed by atoms with van der Waals surface area (Å²) in [5.41, 5.74) is 13.7. The highest BCUT2D eigenvalue weighted by atomic mass is 19.4. The van der Waals surface area contributed by atoms with Crippen molar-refractivity contribution in [1.82, 2.24) is 0 Å². The fourth-order valence-corrected chi connectivity index (χ4v) is 1.16. The molecule has 0 heterocycles. The highest BCUT2D eigenvalue weighted by Crippen LogP contribution is 2.28. The average Bonchev–Trinajstić information content (AvgIpc) is 2.31. The molecular weight excluding hydrogens is 261 g/mol. The van der Waals surface area contributed by atoms with Crippen LogP contribution in [-0.2, 0) is 0 Å². The maximum Gasteiger partial charge on any atom is 0.573 e. The van der Waals surface area contributed by atoms with Crippen molar-refractivity contribution < 1.29 is 17.9 Å². The summed E-state index contributed by atoms with van der Waals surface area (Å²) in [5.74, 6) is 4.92. The third kappa shape index (κ3) is 5.57. The van der Waals surface area contributed by atoms with Gasteiger partial charge in [-0.05, 0) is 23.7 Å². The SMILES string of the molecule is [N-]=[N+]=NCCC#Cc1ccc(OC(F)(F)F)c(N)c1. The van der Waals surface area contributed by atoms with E-state index in [1.807, 2.05) is 0 Å². The molecule has 0 bridgehead atoms. The number of anilines is 1. The van der Waals surface area contributed by atoms with Gasteiger partial charge in [0.05, 0.1) is 5.69 Å². The number of hydrogen-bond donors (Lipinski definition) is 1. The monoisotopic (exact) mass is 270 g/mol. The Morgan fingerprint density at radius 3 is 2.74 bits per heavy atom. The van der Waals surface area contributed by atoms with Gasteiger partial charge >= 0.3 is 6.36 Å². The Hall–Kier alpha value is -2.52. The summed E-state index contributed by atoms with van der Waals surface area (Å²) in [7, 11) is 0. The number of benzene rings is 1. The Morgan fingerprint density at radius 1 is 1.42 bits per heavy atom. The fraction of sp³-hybridized carbons (Fsp3) is 0.273. The van der Waals surface area contributed by atoms with E-state index in [9.17, 15) is 13.2 Å². The molecule has 0 fully saturated rings. The second-order valence-corrected chi connectivity index (χ2v) is 3.31. The summed E-state index contributed by atoms with van der Waals surface area (Å²) in [5, 5.41) is 3.28. The molecule has 0 aliphatic rings. The van der Waals surface area contributed by atoms with E-state index in [4.69, 9.17) is 11.3 Å². The molecule has 0 aromatic heterocycles. The molecule has 19 heavy (non-hydrogen) atoms. The lowest BCUT2D eigenvalue weighted by atomic mass is 10.2. The molecule has 0 radical (unpaired) electrons. The first-order valence-corrected chi connectivity index (χ1v) is 5.07. The maximum atomic E-state index is 12.0. The van der Waals surface area contributed by atoms with E-state index in [0.29, 0.717) is 12.0 Å². The van der Waals surface area contributed by atoms with Gasteiger partial charge in [0.1, 0.15) is 0 Å². The third-order valence-electron chi connectivity index (χ3n) is 1.87. The number of hydrogen-bond acceptors (Lipinski definition) is 3. The highest BCUT2D eigenvalue weighted by Gasteiger charge is 2.31. The van der Waals surface area contributed by atoms with Gasteiger partial charge in [-0.25, -0.2) is 0 Å². The van der Waals surface area contributed by atoms with Crippen LogP contribution < -0.4 is 10.5 Å². The second kappa shape index (κ2) is 6.42. The molecular formula is C11H9F3N4O. The molecule has 1 aromatic rings. The van der Waals surface area contributed by atoms with E-state index in [1.54, 1.807) is 0 Å². The van der Waals surface area contributed by atoms with Crippen LogP contribution in [0.4, 0.5) is 18.9 Å². The minimum Gasteiger partial charge on any atom is -0.404 e. The van der Waals surface area contributed by atoms with Crippen molar-refractivity contribution in [1.29, 1.82) is 0 Å². The molecule has 1 rings (SSSR count). The summed E-state index contributed by atoms with van der Waals surface area (Å²) in [6.07, 6.45) is -4.43. The largest absolute Gasteiger partial charge is 0.573 e. The number of azide groups is 1. The number of nitrogen functional groups attached to an aromatic ring is 1. The lowest BCUT2D eigenvalue weighted by molar-refractivity contribution is -0.274. The zero-order valence-corrected chi connectivity index (χ0v) is 9.61. The van der Waals surface area contributed by atoms with Crippen molar-refractivity contribution in [2.75, 3.05) is 12.3 Å². The van der Waals surface area contributed by atoms with Gasteiger partial charge in [0, 0.05) is 23.4 Å². The first kappa shape index (κ1) is 14.5. The molecule has 0 aliphatic carbocycles. The topological polar surface area (TPSA) is 84.0 Å². The number of rotatable bonds is 3. The third-order valence-corrected chi connectivity index (χ3v) is 1.87. The number of ether oxygens (including phenoxy) is 1. The zero-order valence-electron chi connectivity index (χ0n) is 9.61. The van der Waals surface area contributed by atoms with Crippen LogP contribution in [-0.4, -0.2) is 12.9 Å². The van der Waals surface area contributed by atoms with Crippen LogP contribution in [0.25, 0.3) is 10.4 Å². The van der Waals surface area contributed by atoms with Crippen LogP contribution in [0.15, 0.2) is 23.3 Å². The number of halogens is 3. The second-order valence-electron chi connectivity index (χ2n) is 3.31. The molecule has 0 aliphatic heterocycles. The summed E-state index contributed by atoms with van der Waals surface area (Å²) in [6, 6.07) is 3.74. The summed E-state index contributed by atoms with van der Waals surface area (Å²) < 4.78 is 39.7. The molecule has 0 saturated carbocycles. The molecule has 0 unspecified atom stereocenters. The Balaban J connectivity index is 2.74. The smallest absolute Gasteiger partial charge is 0.404 e. The Labute approximate surface area is 106 Å². The summed E-state index contributed by atoms with van der Waals surface area (Å²) in [4.78, 5) is 2.55. The lowest BCUT2D eigenvalue weighted by Crippen LogP contribution is -2.18. The molecule has 0 atom stereocenters. The Morgan fingerprint density at radius 2 is 2.16 bits per heavy atom. The van der Waals surface area contributed by atoms with Crippen molar-refractivity contribution in [2.45, 2.75) is 12.8 Å². The van der Waals surface area contributed by atoms with Crippen molar-refractivity contribution in [2.24, 2.45) is 5.11 Å². The minimum atomic E-state index is -4.78. The first-order chi connectivity index (χ1) is 8.92. The van der Waals surface area contributed by atoms with Gasteiger partial charge in [0.25, 0.3) is 0 Å². The molecule has 5 nitrogen and oxygen atoms in total. The van der Waals surface area contributed by atoms with Crippen LogP contribution in [0, 0.1) is 11.8 Å². The molecule has 0 amide bonds. The normalized spacial score (nSPS) is 10.1. The molecule has 2 N–H and O–H groups in total. The minimum absolute atomic E-state index is 0.154. The van der Waals surface area contributed by atoms with Gasteiger partial charge in [-0.1, -0.05) is 17.0 Å². The average molecular weight is 270 g/mol. The number of alkyl halides is 3. The van der Waals surface area contributed by atoms with Gasteiger partial charge in [0.2, 0.25) is 0 Å². The van der Waals surface area contributed by atoms with Crippen LogP contribution in [0.1, 0.15) is 12.0 Å².